The highest BCUT2D eigenvalue weighted by Gasteiger charge is 2.04. The predicted molar refractivity (Wildman–Crippen MR) is 68.9 cm³/mol. The fourth-order valence-corrected chi connectivity index (χ4v) is 1.66. The molecule has 0 amide bonds. The molecule has 0 saturated carbocycles. The highest BCUT2D eigenvalue weighted by atomic mass is 16.5. The monoisotopic (exact) mass is 244 g/mol. The molecule has 0 aliphatic carbocycles. The molecule has 1 N–H and O–H groups in total. The first kappa shape index (κ1) is 12.4. The van der Waals surface area contributed by atoms with Crippen LogP contribution in [0, 0.1) is 0 Å². The predicted octanol–water partition coefficient (Wildman–Crippen LogP) is 2.62. The lowest BCUT2D eigenvalue weighted by Crippen LogP contribution is -2.03. The van der Waals surface area contributed by atoms with Crippen LogP contribution in [-0.2, 0) is 6.42 Å². The SMILES string of the molecule is CCC(=O)c1cccc(OCCc2cnc[nH]2)c1. The molecule has 4 nitrogen and oxygen atoms in total. The lowest BCUT2D eigenvalue weighted by molar-refractivity contribution is 0.0987. The Labute approximate surface area is 106 Å². The lowest BCUT2D eigenvalue weighted by Gasteiger charge is -2.06. The Balaban J connectivity index is 1.91. The van der Waals surface area contributed by atoms with Gasteiger partial charge in [-0.1, -0.05) is 19.1 Å². The number of nitrogens with zero attached hydrogens (tertiary/aromatic N) is 1. The molecular formula is C14H16N2O2. The summed E-state index contributed by atoms with van der Waals surface area (Å²) in [5, 5.41) is 0. The van der Waals surface area contributed by atoms with E-state index in [0.29, 0.717) is 18.6 Å². The van der Waals surface area contributed by atoms with Crippen LogP contribution in [0.3, 0.4) is 0 Å². The number of aromatic nitrogens is 2. The average molecular weight is 244 g/mol. The van der Waals surface area contributed by atoms with Gasteiger partial charge in [0.25, 0.3) is 0 Å². The molecule has 1 aromatic heterocycles. The highest BCUT2D eigenvalue weighted by molar-refractivity contribution is 5.96. The first-order chi connectivity index (χ1) is 8.79. The molecule has 1 heterocycles. The molecule has 0 spiro atoms. The molecule has 94 valence electrons. The van der Waals surface area contributed by atoms with Crippen molar-refractivity contribution in [2.75, 3.05) is 6.61 Å². The van der Waals surface area contributed by atoms with Gasteiger partial charge >= 0.3 is 0 Å². The summed E-state index contributed by atoms with van der Waals surface area (Å²) in [5.74, 6) is 0.864. The number of Topliss-reactive ketones (excluding diaryl/α,β-unsaturated/α-hetero) is 1. The molecule has 0 saturated heterocycles. The van der Waals surface area contributed by atoms with Gasteiger partial charge in [0, 0.05) is 30.3 Å². The van der Waals surface area contributed by atoms with Gasteiger partial charge in [-0.15, -0.1) is 0 Å². The van der Waals surface area contributed by atoms with E-state index in [9.17, 15) is 4.79 Å². The van der Waals surface area contributed by atoms with Gasteiger partial charge in [-0.2, -0.15) is 0 Å². The molecule has 0 atom stereocenters. The van der Waals surface area contributed by atoms with E-state index in [1.54, 1.807) is 18.6 Å². The molecule has 0 aliphatic rings. The molecular weight excluding hydrogens is 228 g/mol. The molecule has 18 heavy (non-hydrogen) atoms. The van der Waals surface area contributed by atoms with Gasteiger partial charge in [-0.3, -0.25) is 4.79 Å². The summed E-state index contributed by atoms with van der Waals surface area (Å²) in [7, 11) is 0. The second kappa shape index (κ2) is 6.00. The third kappa shape index (κ3) is 3.20. The topological polar surface area (TPSA) is 55.0 Å². The van der Waals surface area contributed by atoms with Crippen molar-refractivity contribution < 1.29 is 9.53 Å². The number of carbonyl (C=O) groups is 1. The van der Waals surface area contributed by atoms with Crippen LogP contribution in [0.15, 0.2) is 36.8 Å². The first-order valence-corrected chi connectivity index (χ1v) is 6.03. The quantitative estimate of drug-likeness (QED) is 0.795. The summed E-state index contributed by atoms with van der Waals surface area (Å²) in [4.78, 5) is 18.5. The molecule has 0 unspecified atom stereocenters. The normalized spacial score (nSPS) is 10.3. The van der Waals surface area contributed by atoms with Crippen molar-refractivity contribution in [1.29, 1.82) is 0 Å². The third-order valence-corrected chi connectivity index (χ3v) is 2.67. The molecule has 0 radical (unpaired) electrons. The molecule has 1 aromatic carbocycles. The van der Waals surface area contributed by atoms with E-state index in [2.05, 4.69) is 9.97 Å². The zero-order valence-corrected chi connectivity index (χ0v) is 10.3. The maximum Gasteiger partial charge on any atom is 0.162 e. The Kier molecular flexibility index (Phi) is 4.12. The number of imidazole rings is 1. The molecule has 0 bridgehead atoms. The number of hydrogen-bond acceptors (Lipinski definition) is 3. The van der Waals surface area contributed by atoms with Crippen LogP contribution in [0.25, 0.3) is 0 Å². The number of ketones is 1. The number of H-pyrrole nitrogens is 1. The van der Waals surface area contributed by atoms with Crippen molar-refractivity contribution in [2.24, 2.45) is 0 Å². The zero-order valence-electron chi connectivity index (χ0n) is 10.3. The minimum atomic E-state index is 0.133. The number of aromatic amines is 1. The van der Waals surface area contributed by atoms with Crippen molar-refractivity contribution in [1.82, 2.24) is 9.97 Å². The summed E-state index contributed by atoms with van der Waals surface area (Å²) in [6.07, 6.45) is 4.71. The second-order valence-corrected chi connectivity index (χ2v) is 3.98. The Morgan fingerprint density at radius 2 is 2.33 bits per heavy atom. The van der Waals surface area contributed by atoms with Crippen LogP contribution in [0.4, 0.5) is 0 Å². The van der Waals surface area contributed by atoms with Crippen molar-refractivity contribution >= 4 is 5.78 Å². The van der Waals surface area contributed by atoms with Gasteiger partial charge in [0.15, 0.2) is 5.78 Å². The molecule has 2 rings (SSSR count). The van der Waals surface area contributed by atoms with Crippen LogP contribution in [-0.4, -0.2) is 22.4 Å². The average Bonchev–Trinajstić information content (AvgIpc) is 2.91. The van der Waals surface area contributed by atoms with Crippen LogP contribution < -0.4 is 4.74 Å². The summed E-state index contributed by atoms with van der Waals surface area (Å²) in [6.45, 7) is 2.42. The largest absolute Gasteiger partial charge is 0.493 e. The Hall–Kier alpha value is -2.10. The Morgan fingerprint density at radius 3 is 3.06 bits per heavy atom. The van der Waals surface area contributed by atoms with E-state index in [0.717, 1.165) is 17.9 Å². The van der Waals surface area contributed by atoms with Gasteiger partial charge in [0.05, 0.1) is 12.9 Å². The third-order valence-electron chi connectivity index (χ3n) is 2.67. The first-order valence-electron chi connectivity index (χ1n) is 6.03. The minimum Gasteiger partial charge on any atom is -0.493 e. The van der Waals surface area contributed by atoms with E-state index < -0.39 is 0 Å². The Bertz CT molecular complexity index is 506. The fourth-order valence-electron chi connectivity index (χ4n) is 1.66. The number of ether oxygens (including phenoxy) is 1. The summed E-state index contributed by atoms with van der Waals surface area (Å²) >= 11 is 0. The summed E-state index contributed by atoms with van der Waals surface area (Å²) in [6, 6.07) is 7.31. The van der Waals surface area contributed by atoms with Crippen molar-refractivity contribution in [2.45, 2.75) is 19.8 Å². The number of nitrogens with one attached hydrogen (secondary N) is 1. The zero-order chi connectivity index (χ0) is 12.8. The highest BCUT2D eigenvalue weighted by Crippen LogP contribution is 2.15. The summed E-state index contributed by atoms with van der Waals surface area (Å²) < 4.78 is 5.61. The van der Waals surface area contributed by atoms with Gasteiger partial charge in [-0.25, -0.2) is 4.98 Å². The maximum absolute atomic E-state index is 11.6. The summed E-state index contributed by atoms with van der Waals surface area (Å²) in [5.41, 5.74) is 1.74. The van der Waals surface area contributed by atoms with Crippen molar-refractivity contribution in [3.05, 3.63) is 48.0 Å². The molecule has 2 aromatic rings. The van der Waals surface area contributed by atoms with E-state index in [1.165, 1.54) is 0 Å². The van der Waals surface area contributed by atoms with E-state index >= 15 is 0 Å². The van der Waals surface area contributed by atoms with Crippen molar-refractivity contribution in [3.8, 4) is 5.75 Å². The molecule has 0 aliphatic heterocycles. The second-order valence-electron chi connectivity index (χ2n) is 3.98. The smallest absolute Gasteiger partial charge is 0.162 e. The number of rotatable bonds is 6. The Morgan fingerprint density at radius 1 is 1.44 bits per heavy atom. The van der Waals surface area contributed by atoms with Crippen LogP contribution in [0.2, 0.25) is 0 Å². The van der Waals surface area contributed by atoms with E-state index in [-0.39, 0.29) is 5.78 Å². The standard InChI is InChI=1S/C14H16N2O2/c1-2-14(17)11-4-3-5-13(8-11)18-7-6-12-9-15-10-16-12/h3-5,8-10H,2,6-7H2,1H3,(H,15,16). The number of hydrogen-bond donors (Lipinski definition) is 1. The van der Waals surface area contributed by atoms with Crippen LogP contribution >= 0.6 is 0 Å². The molecule has 0 fully saturated rings. The van der Waals surface area contributed by atoms with Crippen molar-refractivity contribution in [3.63, 3.8) is 0 Å². The lowest BCUT2D eigenvalue weighted by atomic mass is 10.1. The number of carbonyl (C=O) groups excluding carboxylic acids is 1. The maximum atomic E-state index is 11.6. The molecule has 4 heteroatoms. The fraction of sp³-hybridized carbons (Fsp3) is 0.286. The van der Waals surface area contributed by atoms with Gasteiger partial charge in [-0.05, 0) is 12.1 Å². The van der Waals surface area contributed by atoms with Crippen LogP contribution in [0.1, 0.15) is 29.4 Å². The van der Waals surface area contributed by atoms with Gasteiger partial charge in [0.1, 0.15) is 5.75 Å². The number of benzene rings is 1. The van der Waals surface area contributed by atoms with Gasteiger partial charge < -0.3 is 9.72 Å². The van der Waals surface area contributed by atoms with Crippen LogP contribution in [0.5, 0.6) is 5.75 Å². The minimum absolute atomic E-state index is 0.133. The van der Waals surface area contributed by atoms with E-state index in [1.807, 2.05) is 25.1 Å². The van der Waals surface area contributed by atoms with Gasteiger partial charge in [0.2, 0.25) is 0 Å². The van der Waals surface area contributed by atoms with E-state index in [4.69, 9.17) is 4.74 Å².